The third-order valence-corrected chi connectivity index (χ3v) is 7.69. The fourth-order valence-electron chi connectivity index (χ4n) is 5.90. The molecule has 2 atom stereocenters. The van der Waals surface area contributed by atoms with Crippen LogP contribution in [-0.2, 0) is 0 Å². The lowest BCUT2D eigenvalue weighted by Crippen LogP contribution is -2.48. The highest BCUT2D eigenvalue weighted by molar-refractivity contribution is 5.94. The van der Waals surface area contributed by atoms with Crippen LogP contribution in [0.15, 0.2) is 119 Å². The van der Waals surface area contributed by atoms with Crippen molar-refractivity contribution in [1.29, 1.82) is 0 Å². The number of hydrogen-bond acceptors (Lipinski definition) is 2. The molecule has 0 radical (unpaired) electrons. The fourth-order valence-corrected chi connectivity index (χ4v) is 5.90. The molecular formula is C40H52N2. The average molecular weight is 561 g/mol. The van der Waals surface area contributed by atoms with Crippen molar-refractivity contribution in [3.63, 3.8) is 0 Å². The van der Waals surface area contributed by atoms with Gasteiger partial charge in [0.1, 0.15) is 0 Å². The number of aromatic nitrogens is 2. The number of pyridine rings is 2. The molecule has 4 aliphatic rings. The summed E-state index contributed by atoms with van der Waals surface area (Å²) in [6.45, 7) is 26.3. The maximum atomic E-state index is 4.25. The first-order valence-corrected chi connectivity index (χ1v) is 15.6. The van der Waals surface area contributed by atoms with Gasteiger partial charge in [-0.05, 0) is 99.2 Å². The van der Waals surface area contributed by atoms with Crippen LogP contribution >= 0.6 is 0 Å². The standard InChI is InChI=1S/C29H24N2.C5H12.C4H10.C2H6/c1-19-15-23-18-24(20-7-11-30-12-8-20)26-6-4-5-22-17-25(21-9-13-31-14-10-21)27(16-19)29(23,3)28(22,26)2;1-5(2,3)4;1-4(2)3;1-2/h4-18H,1-3H3;1-4H3;4H,1-3H3;1-2H3/t28-,29?;;;/m0.../s1. The lowest BCUT2D eigenvalue weighted by atomic mass is 9.44. The molecule has 2 heteroatoms. The van der Waals surface area contributed by atoms with Crippen LogP contribution in [0.5, 0.6) is 0 Å². The molecule has 2 aromatic heterocycles. The monoisotopic (exact) mass is 560 g/mol. The first-order chi connectivity index (χ1) is 19.8. The molecule has 1 unspecified atom stereocenters. The van der Waals surface area contributed by atoms with Crippen molar-refractivity contribution in [2.24, 2.45) is 22.2 Å². The van der Waals surface area contributed by atoms with Gasteiger partial charge < -0.3 is 0 Å². The summed E-state index contributed by atoms with van der Waals surface area (Å²) >= 11 is 0. The van der Waals surface area contributed by atoms with E-state index in [1.165, 1.54) is 50.1 Å². The van der Waals surface area contributed by atoms with Gasteiger partial charge in [0.25, 0.3) is 0 Å². The van der Waals surface area contributed by atoms with Gasteiger partial charge in [-0.15, -0.1) is 0 Å². The molecule has 0 aromatic carbocycles. The molecule has 6 rings (SSSR count). The van der Waals surface area contributed by atoms with Crippen molar-refractivity contribution >= 4 is 11.1 Å². The van der Waals surface area contributed by atoms with Gasteiger partial charge in [-0.2, -0.15) is 0 Å². The molecule has 0 N–H and O–H groups in total. The topological polar surface area (TPSA) is 25.8 Å². The number of nitrogens with zero attached hydrogens (tertiary/aromatic N) is 2. The zero-order chi connectivity index (χ0) is 31.3. The Morgan fingerprint density at radius 1 is 0.690 bits per heavy atom. The molecule has 2 aromatic rings. The van der Waals surface area contributed by atoms with Gasteiger partial charge in [0, 0.05) is 35.6 Å². The molecule has 2 nitrogen and oxygen atoms in total. The van der Waals surface area contributed by atoms with E-state index in [0.717, 1.165) is 5.92 Å². The zero-order valence-corrected chi connectivity index (χ0v) is 28.1. The van der Waals surface area contributed by atoms with Gasteiger partial charge in [-0.3, -0.25) is 9.97 Å². The SMILES string of the molecule is CC.CC(C)(C)C.CC(C)C.CC1=CC2=C(c3ccncc3)C=C3C=CC=C4C(c5ccncc5)=CC(=C1)C2(C)[C@@]34C. The summed E-state index contributed by atoms with van der Waals surface area (Å²) in [5.74, 6) is 0.833. The van der Waals surface area contributed by atoms with Crippen LogP contribution in [0.2, 0.25) is 0 Å². The van der Waals surface area contributed by atoms with E-state index in [0.29, 0.717) is 5.41 Å². The minimum absolute atomic E-state index is 0.149. The minimum Gasteiger partial charge on any atom is -0.265 e. The van der Waals surface area contributed by atoms with Gasteiger partial charge in [-0.1, -0.05) is 112 Å². The quantitative estimate of drug-likeness (QED) is 0.365. The summed E-state index contributed by atoms with van der Waals surface area (Å²) in [7, 11) is 0. The normalized spacial score (nSPS) is 23.2. The molecule has 222 valence electrons. The number of allylic oxidation sites excluding steroid dienone is 14. The highest BCUT2D eigenvalue weighted by atomic mass is 14.6. The number of hydrogen-bond donors (Lipinski definition) is 0. The van der Waals surface area contributed by atoms with Gasteiger partial charge >= 0.3 is 0 Å². The Hall–Kier alpha value is -3.52. The van der Waals surface area contributed by atoms with E-state index in [9.17, 15) is 0 Å². The summed E-state index contributed by atoms with van der Waals surface area (Å²) in [6, 6.07) is 8.48. The Kier molecular flexibility index (Phi) is 10.4. The van der Waals surface area contributed by atoms with Crippen LogP contribution in [0.1, 0.15) is 94.2 Å². The molecule has 0 bridgehead atoms. The van der Waals surface area contributed by atoms with Crippen LogP contribution in [0.4, 0.5) is 0 Å². The summed E-state index contributed by atoms with van der Waals surface area (Å²) in [6.07, 6.45) is 23.9. The van der Waals surface area contributed by atoms with E-state index in [1.54, 1.807) is 0 Å². The maximum Gasteiger partial charge on any atom is 0.0315 e. The molecule has 0 fully saturated rings. The highest BCUT2D eigenvalue weighted by Gasteiger charge is 2.58. The summed E-state index contributed by atoms with van der Waals surface area (Å²) in [5, 5.41) is 0. The zero-order valence-electron chi connectivity index (χ0n) is 28.1. The Bertz CT molecular complexity index is 1460. The molecule has 4 aliphatic carbocycles. The Labute approximate surface area is 256 Å². The summed E-state index contributed by atoms with van der Waals surface area (Å²) in [5.41, 5.74) is 12.0. The maximum absolute atomic E-state index is 4.25. The Morgan fingerprint density at radius 2 is 1.19 bits per heavy atom. The van der Waals surface area contributed by atoms with Crippen LogP contribution in [0.25, 0.3) is 11.1 Å². The van der Waals surface area contributed by atoms with Gasteiger partial charge in [0.2, 0.25) is 0 Å². The van der Waals surface area contributed by atoms with Crippen molar-refractivity contribution in [2.75, 3.05) is 0 Å². The second-order valence-electron chi connectivity index (χ2n) is 13.9. The molecule has 2 heterocycles. The van der Waals surface area contributed by atoms with E-state index < -0.39 is 0 Å². The lowest BCUT2D eigenvalue weighted by molar-refractivity contribution is 0.253. The summed E-state index contributed by atoms with van der Waals surface area (Å²) < 4.78 is 0. The molecule has 0 amide bonds. The minimum atomic E-state index is -0.150. The second-order valence-corrected chi connectivity index (χ2v) is 13.9. The van der Waals surface area contributed by atoms with Crippen molar-refractivity contribution in [2.45, 2.75) is 83.1 Å². The third-order valence-electron chi connectivity index (χ3n) is 7.69. The lowest BCUT2D eigenvalue weighted by Gasteiger charge is -2.58. The van der Waals surface area contributed by atoms with E-state index in [4.69, 9.17) is 0 Å². The number of rotatable bonds is 2. The third kappa shape index (κ3) is 6.59. The smallest absolute Gasteiger partial charge is 0.0315 e. The molecule has 0 spiro atoms. The van der Waals surface area contributed by atoms with Crippen LogP contribution in [-0.4, -0.2) is 9.97 Å². The highest BCUT2D eigenvalue weighted by Crippen LogP contribution is 2.69. The molecule has 0 saturated carbocycles. The predicted molar refractivity (Wildman–Crippen MR) is 184 cm³/mol. The first-order valence-electron chi connectivity index (χ1n) is 15.6. The average Bonchev–Trinajstić information content (AvgIpc) is 2.93. The first kappa shape index (κ1) is 33.0. The largest absolute Gasteiger partial charge is 0.265 e. The second kappa shape index (κ2) is 13.2. The summed E-state index contributed by atoms with van der Waals surface area (Å²) in [4.78, 5) is 8.49. The Morgan fingerprint density at radius 3 is 1.71 bits per heavy atom. The van der Waals surface area contributed by atoms with Crippen LogP contribution < -0.4 is 0 Å². The molecular weight excluding hydrogens is 508 g/mol. The van der Waals surface area contributed by atoms with E-state index in [1.807, 2.05) is 38.6 Å². The van der Waals surface area contributed by atoms with Gasteiger partial charge in [0.15, 0.2) is 0 Å². The fraction of sp³-hybridized carbons (Fsp3) is 0.400. The molecule has 42 heavy (non-hydrogen) atoms. The van der Waals surface area contributed by atoms with E-state index >= 15 is 0 Å². The molecule has 0 aliphatic heterocycles. The van der Waals surface area contributed by atoms with E-state index in [-0.39, 0.29) is 10.8 Å². The molecule has 0 saturated heterocycles. The van der Waals surface area contributed by atoms with E-state index in [2.05, 4.69) is 146 Å². The van der Waals surface area contributed by atoms with Crippen molar-refractivity contribution in [3.05, 3.63) is 131 Å². The van der Waals surface area contributed by atoms with Crippen molar-refractivity contribution in [1.82, 2.24) is 9.97 Å². The Balaban J connectivity index is 0.000000383. The van der Waals surface area contributed by atoms with Crippen molar-refractivity contribution < 1.29 is 0 Å². The van der Waals surface area contributed by atoms with Crippen molar-refractivity contribution in [3.8, 4) is 0 Å². The van der Waals surface area contributed by atoms with Crippen LogP contribution in [0.3, 0.4) is 0 Å². The van der Waals surface area contributed by atoms with Gasteiger partial charge in [-0.25, -0.2) is 0 Å². The predicted octanol–water partition coefficient (Wildman–Crippen LogP) is 11.4. The van der Waals surface area contributed by atoms with Gasteiger partial charge in [0.05, 0.1) is 0 Å². The van der Waals surface area contributed by atoms with Crippen LogP contribution in [0, 0.1) is 22.2 Å².